The van der Waals surface area contributed by atoms with Gasteiger partial charge >= 0.3 is 169 Å². The molecule has 0 bridgehead atoms. The molecule has 470 valence electrons. The van der Waals surface area contributed by atoms with Crippen molar-refractivity contribution in [2.75, 3.05) is 0 Å². The van der Waals surface area contributed by atoms with Crippen molar-refractivity contribution in [2.45, 2.75) is 398 Å². The zero-order valence-electron chi connectivity index (χ0n) is 55.4. The van der Waals surface area contributed by atoms with Crippen LogP contribution in [0, 0.1) is 0 Å². The van der Waals surface area contributed by atoms with E-state index in [1.54, 1.807) is 14.5 Å². The molecule has 0 spiro atoms. The Morgan fingerprint density at radius 1 is 0.272 bits per heavy atom. The predicted octanol–water partition coefficient (Wildman–Crippen LogP) is 28.3. The van der Waals surface area contributed by atoms with Gasteiger partial charge in [0.15, 0.2) is 0 Å². The molecule has 81 heavy (non-hydrogen) atoms. The molecule has 0 unspecified atom stereocenters. The van der Waals surface area contributed by atoms with E-state index in [1.807, 2.05) is 0 Å². The van der Waals surface area contributed by atoms with E-state index in [0.717, 1.165) is 80.7 Å². The summed E-state index contributed by atoms with van der Waals surface area (Å²) in [6.07, 6.45) is 75.2. The molecule has 0 aromatic heterocycles. The number of aryl methyl sites for hydroxylation is 2. The van der Waals surface area contributed by atoms with Crippen molar-refractivity contribution in [1.82, 2.24) is 0 Å². The van der Waals surface area contributed by atoms with Gasteiger partial charge in [0.1, 0.15) is 0 Å². The molecule has 3 rings (SSSR count). The van der Waals surface area contributed by atoms with Crippen molar-refractivity contribution in [2.24, 2.45) is 0 Å². The Labute approximate surface area is 516 Å². The standard InChI is InChI=1S/C40H60N2.2C19H39.Pd/c1-5-9-13-15-17-19-23-33-25-21-27-35(31-33)39-37(29-11-7-3)38(30-12-8-4)40(42(39)41)36-28-22-26-34(32-36)24-20-18-16-14-10-6-2;2*1-3-5-7-9-11-13-15-17-19-18-16-14-12-10-8-6-4-2;/h21-22,25-28,31-32H,5-20,23-24,29-30H2,1-4H3;2*1,3-19H2,2H3;. The van der Waals surface area contributed by atoms with E-state index in [2.05, 4.69) is 90.1 Å². The molecular weight excluding hydrogens is 1070 g/mol. The summed E-state index contributed by atoms with van der Waals surface area (Å²) >= 11 is 1.06. The molecule has 0 fully saturated rings. The second kappa shape index (κ2) is 57.3. The second-order valence-electron chi connectivity index (χ2n) is 25.4. The molecule has 2 aromatic rings. The van der Waals surface area contributed by atoms with E-state index >= 15 is 0 Å². The van der Waals surface area contributed by atoms with Gasteiger partial charge < -0.3 is 5.53 Å². The Balaban J connectivity index is 0.000000556. The third kappa shape index (κ3) is 40.2. The molecule has 0 atom stereocenters. The molecule has 1 aliphatic heterocycles. The number of unbranched alkanes of at least 4 members (excludes halogenated alkanes) is 44. The molecule has 2 aromatic carbocycles. The average Bonchev–Trinajstić information content (AvgIpc) is 4.04. The molecule has 0 N–H and O–H groups in total. The third-order valence-electron chi connectivity index (χ3n) is 17.6. The van der Waals surface area contributed by atoms with E-state index in [-0.39, 0.29) is 0 Å². The molecule has 3 heteroatoms. The minimum absolute atomic E-state index is 1.02. The van der Waals surface area contributed by atoms with Gasteiger partial charge in [-0.2, -0.15) is 0 Å². The molecule has 1 heterocycles. The number of allylic oxidation sites excluding steroid dienone is 2. The van der Waals surface area contributed by atoms with E-state index in [4.69, 9.17) is 0 Å². The number of hydrogen-bond acceptors (Lipinski definition) is 0. The topological polar surface area (TPSA) is 25.3 Å². The third-order valence-corrected chi connectivity index (χ3v) is 19.8. The molecule has 0 amide bonds. The maximum atomic E-state index is 12.0. The predicted molar refractivity (Wildman–Crippen MR) is 361 cm³/mol. The second-order valence-corrected chi connectivity index (χ2v) is 27.7. The molecule has 2 nitrogen and oxygen atoms in total. The Bertz CT molecular complexity index is 1640. The first-order chi connectivity index (χ1) is 40.1. The van der Waals surface area contributed by atoms with Crippen LogP contribution in [-0.4, -0.2) is 4.70 Å². The van der Waals surface area contributed by atoms with Crippen molar-refractivity contribution in [3.8, 4) is 0 Å². The summed E-state index contributed by atoms with van der Waals surface area (Å²) in [4.78, 5) is 3.09. The first kappa shape index (κ1) is 75.3. The van der Waals surface area contributed by atoms with Gasteiger partial charge in [0.2, 0.25) is 11.4 Å². The van der Waals surface area contributed by atoms with Gasteiger partial charge in [-0.3, -0.25) is 0 Å². The smallest absolute Gasteiger partial charge is 0.493 e. The van der Waals surface area contributed by atoms with Gasteiger partial charge in [0.25, 0.3) is 0 Å². The number of hydrogen-bond donors (Lipinski definition) is 0. The maximum absolute atomic E-state index is 12.0. The molecular formula is C78H138N2Pd. The summed E-state index contributed by atoms with van der Waals surface area (Å²) < 4.78 is 1.57. The summed E-state index contributed by atoms with van der Waals surface area (Å²) in [6.45, 7) is 13.7. The van der Waals surface area contributed by atoms with Gasteiger partial charge in [0, 0.05) is 22.3 Å². The van der Waals surface area contributed by atoms with Crippen LogP contribution in [0.25, 0.3) is 16.9 Å². The fraction of sp³-hybridized carbons (Fsp3) is 0.795. The first-order valence-corrected chi connectivity index (χ1v) is 38.8. The number of nitrogens with zero attached hydrogens (tertiary/aromatic N) is 2. The van der Waals surface area contributed by atoms with Crippen LogP contribution in [0.5, 0.6) is 0 Å². The van der Waals surface area contributed by atoms with Crippen LogP contribution in [0.1, 0.15) is 398 Å². The van der Waals surface area contributed by atoms with Crippen LogP contribution < -0.4 is 0 Å². The zero-order valence-corrected chi connectivity index (χ0v) is 57.0. The summed E-state index contributed by atoms with van der Waals surface area (Å²) in [5.41, 5.74) is 21.9. The van der Waals surface area contributed by atoms with Crippen molar-refractivity contribution in [3.63, 3.8) is 0 Å². The van der Waals surface area contributed by atoms with Gasteiger partial charge in [-0.25, -0.2) is 4.70 Å². The van der Waals surface area contributed by atoms with Crippen LogP contribution in [0.2, 0.25) is 9.79 Å². The fourth-order valence-corrected chi connectivity index (χ4v) is 14.2. The zero-order chi connectivity index (χ0) is 58.2. The fourth-order valence-electron chi connectivity index (χ4n) is 12.3. The quantitative estimate of drug-likeness (QED) is 0.0358. The van der Waals surface area contributed by atoms with E-state index in [1.165, 1.54) is 329 Å². The molecule has 0 aliphatic carbocycles. The molecule has 0 radical (unpaired) electrons. The normalized spacial score (nSPS) is 12.6. The van der Waals surface area contributed by atoms with Gasteiger partial charge in [0.05, 0.1) is 0 Å². The number of benzene rings is 2. The molecule has 0 saturated carbocycles. The van der Waals surface area contributed by atoms with Crippen LogP contribution >= 0.6 is 0 Å². The average molecular weight is 1210 g/mol. The Morgan fingerprint density at radius 3 is 0.765 bits per heavy atom. The number of rotatable bonds is 58. The van der Waals surface area contributed by atoms with Crippen LogP contribution in [0.4, 0.5) is 0 Å². The van der Waals surface area contributed by atoms with Crippen LogP contribution in [-0.2, 0) is 30.8 Å². The van der Waals surface area contributed by atoms with E-state index in [0.29, 0.717) is 0 Å². The van der Waals surface area contributed by atoms with E-state index < -0.39 is 0 Å². The minimum atomic E-state index is 1.02. The SMILES string of the molecule is CCCCCCCCCCCCCCCCCC[CH2][Pd][CH2]CCCCCCCCCCCCCCCCCC.CCCCCCCCc1cccc(C2=C(CCCC)C(CCCC)=C(c3cccc(CCCCCCCC)c3)[N+]2=[N-])c1. The van der Waals surface area contributed by atoms with E-state index in [9.17, 15) is 5.53 Å². The van der Waals surface area contributed by atoms with Crippen LogP contribution in [0.3, 0.4) is 0 Å². The summed E-state index contributed by atoms with van der Waals surface area (Å²) in [5.74, 6) is 0. The van der Waals surface area contributed by atoms with Crippen LogP contribution in [0.15, 0.2) is 59.7 Å². The van der Waals surface area contributed by atoms with Gasteiger partial charge in [-0.15, -0.1) is 0 Å². The Morgan fingerprint density at radius 2 is 0.506 bits per heavy atom. The molecule has 1 aliphatic rings. The summed E-state index contributed by atoms with van der Waals surface area (Å²) in [6, 6.07) is 18.1. The Hall–Kier alpha value is -1.82. The van der Waals surface area contributed by atoms with Gasteiger partial charge in [-0.1, -0.05) is 220 Å². The van der Waals surface area contributed by atoms with Gasteiger partial charge in [-0.05, 0) is 86.8 Å². The molecule has 0 saturated heterocycles. The van der Waals surface area contributed by atoms with Crippen molar-refractivity contribution >= 4 is 11.4 Å². The summed E-state index contributed by atoms with van der Waals surface area (Å²) in [7, 11) is 0. The Kier molecular flexibility index (Phi) is 53.2. The summed E-state index contributed by atoms with van der Waals surface area (Å²) in [5, 5.41) is 0. The van der Waals surface area contributed by atoms with Crippen molar-refractivity contribution in [1.29, 1.82) is 0 Å². The minimum Gasteiger partial charge on any atom is -0.493 e. The monoisotopic (exact) mass is 1210 g/mol. The first-order valence-electron chi connectivity index (χ1n) is 36.6. The van der Waals surface area contributed by atoms with Crippen molar-refractivity contribution < 1.29 is 22.7 Å². The van der Waals surface area contributed by atoms with Crippen molar-refractivity contribution in [3.05, 3.63) is 87.5 Å².